The van der Waals surface area contributed by atoms with Gasteiger partial charge in [0.25, 0.3) is 0 Å². The lowest BCUT2D eigenvalue weighted by atomic mass is 9.86. The molecule has 4 rings (SSSR count). The van der Waals surface area contributed by atoms with Crippen molar-refractivity contribution in [3.8, 4) is 0 Å². The quantitative estimate of drug-likeness (QED) is 0.607. The molecule has 3 aliphatic heterocycles. The molecule has 0 radical (unpaired) electrons. The second-order valence-corrected chi connectivity index (χ2v) is 7.22. The Morgan fingerprint density at radius 3 is 2.55 bits per heavy atom. The van der Waals surface area contributed by atoms with Crippen molar-refractivity contribution in [2.75, 3.05) is 13.1 Å². The third-order valence-electron chi connectivity index (χ3n) is 5.77. The van der Waals surface area contributed by atoms with E-state index in [-0.39, 0.29) is 30.6 Å². The van der Waals surface area contributed by atoms with Crippen molar-refractivity contribution in [3.05, 3.63) is 35.4 Å². The van der Waals surface area contributed by atoms with Gasteiger partial charge in [-0.2, -0.15) is 18.2 Å². The van der Waals surface area contributed by atoms with Crippen LogP contribution in [0, 0.1) is 5.92 Å². The lowest BCUT2D eigenvalue weighted by Gasteiger charge is -2.46. The van der Waals surface area contributed by atoms with E-state index in [1.165, 1.54) is 0 Å². The first kappa shape index (κ1) is 19.3. The molecule has 3 aliphatic rings. The van der Waals surface area contributed by atoms with E-state index in [2.05, 4.69) is 9.98 Å². The summed E-state index contributed by atoms with van der Waals surface area (Å²) in [6.45, 7) is 2.09. The van der Waals surface area contributed by atoms with Crippen molar-refractivity contribution in [3.63, 3.8) is 0 Å². The molecule has 3 unspecified atom stereocenters. The number of benzene rings is 1. The maximum Gasteiger partial charge on any atom is 0.416 e. The van der Waals surface area contributed by atoms with E-state index < -0.39 is 41.4 Å². The second kappa shape index (κ2) is 6.24. The third kappa shape index (κ3) is 2.69. The zero-order valence-electron chi connectivity index (χ0n) is 15.3. The first-order valence-corrected chi connectivity index (χ1v) is 8.85. The van der Waals surface area contributed by atoms with Gasteiger partial charge in [-0.1, -0.05) is 6.92 Å². The number of esters is 1. The van der Waals surface area contributed by atoms with E-state index in [9.17, 15) is 23.2 Å². The predicted octanol–water partition coefficient (Wildman–Crippen LogP) is 0.595. The topological polar surface area (TPSA) is 130 Å². The minimum atomic E-state index is -4.50. The van der Waals surface area contributed by atoms with Crippen LogP contribution in [0.25, 0.3) is 0 Å². The van der Waals surface area contributed by atoms with Crippen LogP contribution in [0.3, 0.4) is 0 Å². The van der Waals surface area contributed by atoms with Crippen molar-refractivity contribution in [1.82, 2.24) is 9.96 Å². The summed E-state index contributed by atoms with van der Waals surface area (Å²) < 4.78 is 43.7. The molecule has 0 amide bonds. The summed E-state index contributed by atoms with van der Waals surface area (Å²) in [5.41, 5.74) is 9.77. The van der Waals surface area contributed by atoms with Crippen LogP contribution in [0.4, 0.5) is 13.2 Å². The van der Waals surface area contributed by atoms with Gasteiger partial charge in [0.15, 0.2) is 11.6 Å². The Labute approximate surface area is 163 Å². The summed E-state index contributed by atoms with van der Waals surface area (Å²) in [4.78, 5) is 22.5. The number of carbonyl (C=O) groups is 1. The molecule has 1 aromatic carbocycles. The molecule has 3 heterocycles. The van der Waals surface area contributed by atoms with Gasteiger partial charge in [0, 0.05) is 5.92 Å². The number of guanidine groups is 2. The molecule has 0 bridgehead atoms. The van der Waals surface area contributed by atoms with Gasteiger partial charge in [-0.15, -0.1) is 0 Å². The zero-order chi connectivity index (χ0) is 21.1. The average Bonchev–Trinajstić information content (AvgIpc) is 3.11. The molecule has 12 heteroatoms. The molecule has 0 aromatic heterocycles. The van der Waals surface area contributed by atoms with Crippen LogP contribution in [0.2, 0.25) is 0 Å². The summed E-state index contributed by atoms with van der Waals surface area (Å²) in [5.74, 6) is -1.19. The smallest absolute Gasteiger partial charge is 0.416 e. The van der Waals surface area contributed by atoms with Gasteiger partial charge in [-0.3, -0.25) is 10.2 Å². The maximum atomic E-state index is 12.7. The number of carbonyl (C=O) groups excluding carboxylic acids is 1. The number of hydrogen-bond acceptors (Lipinski definition) is 9. The highest BCUT2D eigenvalue weighted by Crippen LogP contribution is 2.46. The van der Waals surface area contributed by atoms with Gasteiger partial charge >= 0.3 is 12.1 Å². The molecule has 1 aromatic rings. The minimum Gasteiger partial charge on any atom is -0.456 e. The van der Waals surface area contributed by atoms with E-state index in [0.717, 1.165) is 29.3 Å². The van der Waals surface area contributed by atoms with Crippen molar-refractivity contribution < 1.29 is 27.9 Å². The fraction of sp³-hybridized carbons (Fsp3) is 0.471. The maximum absolute atomic E-state index is 12.7. The SMILES string of the molecule is CC1[C@@H](OC(=O)c2ccc(C(F)(F)F)cc2)CN2C(N)=NCC3N=C(N)N(O)C312. The molecule has 9 nitrogen and oxygen atoms in total. The van der Waals surface area contributed by atoms with Gasteiger partial charge < -0.3 is 21.1 Å². The highest BCUT2D eigenvalue weighted by molar-refractivity contribution is 5.90. The summed E-state index contributed by atoms with van der Waals surface area (Å²) in [6, 6.07) is 3.24. The third-order valence-corrected chi connectivity index (χ3v) is 5.77. The van der Waals surface area contributed by atoms with Crippen LogP contribution in [0.5, 0.6) is 0 Å². The van der Waals surface area contributed by atoms with E-state index in [1.54, 1.807) is 11.8 Å². The first-order chi connectivity index (χ1) is 13.6. The van der Waals surface area contributed by atoms with Crippen molar-refractivity contribution in [2.24, 2.45) is 27.4 Å². The lowest BCUT2D eigenvalue weighted by molar-refractivity contribution is -0.165. The second-order valence-electron chi connectivity index (χ2n) is 7.22. The highest BCUT2D eigenvalue weighted by Gasteiger charge is 2.66. The molecule has 1 saturated heterocycles. The number of ether oxygens (including phenoxy) is 1. The fourth-order valence-corrected chi connectivity index (χ4v) is 4.29. The number of halogens is 3. The fourth-order valence-electron chi connectivity index (χ4n) is 4.29. The monoisotopic (exact) mass is 412 g/mol. The Kier molecular flexibility index (Phi) is 4.15. The number of nitrogens with zero attached hydrogens (tertiary/aromatic N) is 4. The summed E-state index contributed by atoms with van der Waals surface area (Å²) in [5, 5.41) is 11.4. The van der Waals surface area contributed by atoms with Crippen LogP contribution < -0.4 is 11.5 Å². The minimum absolute atomic E-state index is 0.0196. The van der Waals surface area contributed by atoms with Gasteiger partial charge in [0.1, 0.15) is 12.1 Å². The Morgan fingerprint density at radius 2 is 1.93 bits per heavy atom. The molecule has 1 fully saturated rings. The van der Waals surface area contributed by atoms with Gasteiger partial charge in [0.05, 0.1) is 24.2 Å². The predicted molar refractivity (Wildman–Crippen MR) is 94.8 cm³/mol. The van der Waals surface area contributed by atoms with Crippen LogP contribution in [0.15, 0.2) is 34.3 Å². The van der Waals surface area contributed by atoms with E-state index in [0.29, 0.717) is 0 Å². The molecule has 4 atom stereocenters. The van der Waals surface area contributed by atoms with Crippen molar-refractivity contribution in [1.29, 1.82) is 0 Å². The summed E-state index contributed by atoms with van der Waals surface area (Å²) in [7, 11) is 0. The molecule has 29 heavy (non-hydrogen) atoms. The number of hydroxylamine groups is 2. The molecular formula is C17H19F3N6O3. The zero-order valence-corrected chi connectivity index (χ0v) is 15.3. The van der Waals surface area contributed by atoms with Crippen molar-refractivity contribution in [2.45, 2.75) is 30.9 Å². The van der Waals surface area contributed by atoms with Gasteiger partial charge in [0.2, 0.25) is 5.96 Å². The Hall–Kier alpha value is -3.02. The molecule has 1 spiro atoms. The number of aliphatic imine (C=N–C) groups is 2. The van der Waals surface area contributed by atoms with Crippen LogP contribution in [-0.2, 0) is 10.9 Å². The number of alkyl halides is 3. The molecular weight excluding hydrogens is 393 g/mol. The normalized spacial score (nSPS) is 31.1. The lowest BCUT2D eigenvalue weighted by Crippen LogP contribution is -2.69. The average molecular weight is 412 g/mol. The summed E-state index contributed by atoms with van der Waals surface area (Å²) in [6.07, 6.45) is -5.22. The van der Waals surface area contributed by atoms with Crippen LogP contribution >= 0.6 is 0 Å². The van der Waals surface area contributed by atoms with E-state index >= 15 is 0 Å². The summed E-state index contributed by atoms with van der Waals surface area (Å²) >= 11 is 0. The molecule has 5 N–H and O–H groups in total. The van der Waals surface area contributed by atoms with Gasteiger partial charge in [-0.25, -0.2) is 9.79 Å². The number of nitrogens with two attached hydrogens (primary N) is 2. The standard InChI is InChI=1S/C17H19F3N6O3/c1-8-11(29-13(27)9-2-4-10(5-3-9)17(18,19)20)7-25-14(21)23-6-12-16(8,25)26(28)15(22)24-12/h2-5,8,11-12,28H,6-7H2,1H3,(H2,21,23)(H2,22,24)/t8?,11-,12?,16?/m0/s1. The Morgan fingerprint density at radius 1 is 1.28 bits per heavy atom. The largest absolute Gasteiger partial charge is 0.456 e. The van der Waals surface area contributed by atoms with Crippen molar-refractivity contribution >= 4 is 17.9 Å². The van der Waals surface area contributed by atoms with E-state index in [1.807, 2.05) is 0 Å². The highest BCUT2D eigenvalue weighted by atomic mass is 19.4. The molecule has 156 valence electrons. The van der Waals surface area contributed by atoms with Gasteiger partial charge in [-0.05, 0) is 24.3 Å². The van der Waals surface area contributed by atoms with E-state index in [4.69, 9.17) is 16.2 Å². The molecule has 0 aliphatic carbocycles. The Bertz CT molecular complexity index is 903. The molecule has 0 saturated carbocycles. The van der Waals surface area contributed by atoms with Crippen LogP contribution in [-0.4, -0.2) is 64.0 Å². The number of rotatable bonds is 2. The number of hydrogen-bond donors (Lipinski definition) is 3. The first-order valence-electron chi connectivity index (χ1n) is 8.85. The van der Waals surface area contributed by atoms with Crippen LogP contribution in [0.1, 0.15) is 22.8 Å². The Balaban J connectivity index is 1.57.